The van der Waals surface area contributed by atoms with Gasteiger partial charge in [-0.1, -0.05) is 6.92 Å². The van der Waals surface area contributed by atoms with Crippen LogP contribution < -0.4 is 5.73 Å². The van der Waals surface area contributed by atoms with Crippen molar-refractivity contribution >= 4 is 62.0 Å². The van der Waals surface area contributed by atoms with E-state index in [1.807, 2.05) is 0 Å². The van der Waals surface area contributed by atoms with E-state index in [2.05, 4.69) is 6.92 Å². The van der Waals surface area contributed by atoms with E-state index in [-0.39, 0.29) is 62.0 Å². The predicted octanol–water partition coefficient (Wildman–Crippen LogP) is 2.46. The second-order valence-electron chi connectivity index (χ2n) is 0.789. The molecule has 0 aliphatic carbocycles. The zero-order valence-electron chi connectivity index (χ0n) is 5.03. The SMILES string of the molecule is CCCN.Cl.Cl.Cl.Cl.Cl. The summed E-state index contributed by atoms with van der Waals surface area (Å²) in [5.41, 5.74) is 5.03. The Hall–Kier alpha value is 1.41. The van der Waals surface area contributed by atoms with E-state index < -0.39 is 0 Å². The highest BCUT2D eigenvalue weighted by Crippen LogP contribution is 1.57. The molecule has 0 spiro atoms. The minimum atomic E-state index is 0. The molecule has 0 aromatic rings. The maximum Gasteiger partial charge on any atom is -0.00799 e. The lowest BCUT2D eigenvalue weighted by molar-refractivity contribution is 0.932. The van der Waals surface area contributed by atoms with Gasteiger partial charge in [0.1, 0.15) is 0 Å². The van der Waals surface area contributed by atoms with E-state index in [4.69, 9.17) is 5.73 Å². The van der Waals surface area contributed by atoms with Gasteiger partial charge in [0, 0.05) is 0 Å². The lowest BCUT2D eigenvalue weighted by Crippen LogP contribution is -1.93. The highest BCUT2D eigenvalue weighted by atomic mass is 35.5. The van der Waals surface area contributed by atoms with E-state index in [0.717, 1.165) is 13.0 Å². The summed E-state index contributed by atoms with van der Waals surface area (Å²) in [4.78, 5) is 0. The molecule has 1 nitrogen and oxygen atoms in total. The maximum absolute atomic E-state index is 5.03. The molecule has 0 saturated heterocycles. The molecule has 0 aliphatic heterocycles. The molecule has 0 saturated carbocycles. The number of halogens is 5. The first-order chi connectivity index (χ1) is 1.91. The number of rotatable bonds is 1. The van der Waals surface area contributed by atoms with Crippen molar-refractivity contribution in [3.8, 4) is 0 Å². The molecule has 9 heavy (non-hydrogen) atoms. The highest BCUT2D eigenvalue weighted by Gasteiger charge is 1.55. The molecule has 2 N–H and O–H groups in total. The standard InChI is InChI=1S/C3H9N.5ClH/c1-2-3-4;;;;;/h2-4H2,1H3;5*1H. The summed E-state index contributed by atoms with van der Waals surface area (Å²) >= 11 is 0. The first-order valence-electron chi connectivity index (χ1n) is 1.62. The Morgan fingerprint density at radius 1 is 0.889 bits per heavy atom. The van der Waals surface area contributed by atoms with Crippen LogP contribution >= 0.6 is 62.0 Å². The zero-order valence-corrected chi connectivity index (χ0v) is 9.12. The fourth-order valence-electron chi connectivity index (χ4n) is 0. The molecule has 0 amide bonds. The number of hydrogen-bond acceptors (Lipinski definition) is 1. The van der Waals surface area contributed by atoms with Crippen LogP contribution in [0.1, 0.15) is 13.3 Å². The number of hydrogen-bond donors (Lipinski definition) is 1. The summed E-state index contributed by atoms with van der Waals surface area (Å²) in [6, 6.07) is 0. The molecular formula is C3H14Cl5N. The van der Waals surface area contributed by atoms with Gasteiger partial charge >= 0.3 is 0 Å². The second kappa shape index (κ2) is 57.2. The van der Waals surface area contributed by atoms with Gasteiger partial charge in [0.15, 0.2) is 0 Å². The molecule has 6 heteroatoms. The summed E-state index contributed by atoms with van der Waals surface area (Å²) in [6.07, 6.45) is 1.10. The second-order valence-corrected chi connectivity index (χ2v) is 0.789. The van der Waals surface area contributed by atoms with Gasteiger partial charge < -0.3 is 5.73 Å². The van der Waals surface area contributed by atoms with Crippen LogP contribution in [0.25, 0.3) is 0 Å². The molecule has 0 atom stereocenters. The topological polar surface area (TPSA) is 26.0 Å². The van der Waals surface area contributed by atoms with Gasteiger partial charge in [0.05, 0.1) is 0 Å². The third-order valence-corrected chi connectivity index (χ3v) is 0.289. The Bertz CT molecular complexity index is 14.2. The van der Waals surface area contributed by atoms with Gasteiger partial charge in [0.2, 0.25) is 0 Å². The van der Waals surface area contributed by atoms with Crippen molar-refractivity contribution in [1.82, 2.24) is 0 Å². The van der Waals surface area contributed by atoms with E-state index >= 15 is 0 Å². The van der Waals surface area contributed by atoms with Crippen molar-refractivity contribution in [2.45, 2.75) is 13.3 Å². The van der Waals surface area contributed by atoms with Crippen LogP contribution in [0, 0.1) is 0 Å². The first kappa shape index (κ1) is 47.4. The molecule has 0 radical (unpaired) electrons. The average Bonchev–Trinajstić information content (AvgIpc) is 1.37. The lowest BCUT2D eigenvalue weighted by Gasteiger charge is -1.70. The molecule has 0 aromatic heterocycles. The Balaban J connectivity index is -0.00000000450. The van der Waals surface area contributed by atoms with Crippen molar-refractivity contribution < 1.29 is 0 Å². The predicted molar refractivity (Wildman–Crippen MR) is 55.6 cm³/mol. The molecule has 0 aromatic carbocycles. The Morgan fingerprint density at radius 3 is 1.00 bits per heavy atom. The average molecular weight is 241 g/mol. The summed E-state index contributed by atoms with van der Waals surface area (Å²) < 4.78 is 0. The van der Waals surface area contributed by atoms with Gasteiger partial charge in [-0.25, -0.2) is 0 Å². The minimum Gasteiger partial charge on any atom is -0.330 e. The molecule has 0 bridgehead atoms. The summed E-state index contributed by atoms with van der Waals surface area (Å²) in [5.74, 6) is 0. The monoisotopic (exact) mass is 239 g/mol. The van der Waals surface area contributed by atoms with Crippen molar-refractivity contribution in [2.24, 2.45) is 5.73 Å². The fourth-order valence-corrected chi connectivity index (χ4v) is 0. The third kappa shape index (κ3) is 89.0. The van der Waals surface area contributed by atoms with Crippen LogP contribution in [0.2, 0.25) is 0 Å². The largest absolute Gasteiger partial charge is 0.330 e. The van der Waals surface area contributed by atoms with E-state index in [1.165, 1.54) is 0 Å². The Kier molecular flexibility index (Phi) is 301. The van der Waals surface area contributed by atoms with Crippen molar-refractivity contribution in [2.75, 3.05) is 6.54 Å². The summed E-state index contributed by atoms with van der Waals surface area (Å²) in [7, 11) is 0. The van der Waals surface area contributed by atoms with Gasteiger partial charge in [0.25, 0.3) is 0 Å². The molecule has 66 valence electrons. The van der Waals surface area contributed by atoms with Crippen LogP contribution in [0.15, 0.2) is 0 Å². The molecule has 0 unspecified atom stereocenters. The van der Waals surface area contributed by atoms with Crippen LogP contribution in [-0.2, 0) is 0 Å². The van der Waals surface area contributed by atoms with Crippen molar-refractivity contribution in [3.05, 3.63) is 0 Å². The van der Waals surface area contributed by atoms with Crippen LogP contribution in [0.5, 0.6) is 0 Å². The normalized spacial score (nSPS) is 3.33. The molecule has 0 fully saturated rings. The van der Waals surface area contributed by atoms with Crippen LogP contribution in [0.3, 0.4) is 0 Å². The first-order valence-corrected chi connectivity index (χ1v) is 1.62. The molecule has 0 rings (SSSR count). The van der Waals surface area contributed by atoms with Gasteiger partial charge in [-0.15, -0.1) is 62.0 Å². The molecule has 0 heterocycles. The van der Waals surface area contributed by atoms with Crippen molar-refractivity contribution in [1.29, 1.82) is 0 Å². The van der Waals surface area contributed by atoms with Gasteiger partial charge in [-0.2, -0.15) is 0 Å². The molecular weight excluding hydrogens is 227 g/mol. The van der Waals surface area contributed by atoms with E-state index in [1.54, 1.807) is 0 Å². The molecule has 0 aliphatic rings. The third-order valence-electron chi connectivity index (χ3n) is 0.289. The zero-order chi connectivity index (χ0) is 3.41. The van der Waals surface area contributed by atoms with Crippen LogP contribution in [0.4, 0.5) is 0 Å². The van der Waals surface area contributed by atoms with Gasteiger partial charge in [-0.3, -0.25) is 0 Å². The summed E-state index contributed by atoms with van der Waals surface area (Å²) in [5, 5.41) is 0. The van der Waals surface area contributed by atoms with Crippen LogP contribution in [-0.4, -0.2) is 6.54 Å². The Morgan fingerprint density at radius 2 is 1.00 bits per heavy atom. The van der Waals surface area contributed by atoms with E-state index in [9.17, 15) is 0 Å². The summed E-state index contributed by atoms with van der Waals surface area (Å²) in [6.45, 7) is 2.88. The smallest absolute Gasteiger partial charge is 0.00799 e. The maximum atomic E-state index is 5.03. The quantitative estimate of drug-likeness (QED) is 0.750. The van der Waals surface area contributed by atoms with Crippen molar-refractivity contribution in [3.63, 3.8) is 0 Å². The number of nitrogens with two attached hydrogens (primary N) is 1. The van der Waals surface area contributed by atoms with E-state index in [0.29, 0.717) is 0 Å². The highest BCUT2D eigenvalue weighted by molar-refractivity contribution is 5.86. The van der Waals surface area contributed by atoms with Gasteiger partial charge in [-0.05, 0) is 13.0 Å². The Labute approximate surface area is 87.6 Å². The minimum absolute atomic E-state index is 0. The fraction of sp³-hybridized carbons (Fsp3) is 1.00. The lowest BCUT2D eigenvalue weighted by atomic mass is 10.5.